The summed E-state index contributed by atoms with van der Waals surface area (Å²) in [5.41, 5.74) is 2.43. The molecular formula is C16H15N3O3. The second kappa shape index (κ2) is 5.31. The number of benzene rings is 1. The molecule has 1 aliphatic rings. The summed E-state index contributed by atoms with van der Waals surface area (Å²) in [6.07, 6.45) is 3.57. The molecule has 1 atom stereocenters. The summed E-state index contributed by atoms with van der Waals surface area (Å²) in [6.45, 7) is 0.784. The van der Waals surface area contributed by atoms with Gasteiger partial charge in [-0.2, -0.15) is 0 Å². The van der Waals surface area contributed by atoms with Crippen molar-refractivity contribution >= 4 is 22.6 Å². The number of nitrogens with zero attached hydrogens (tertiary/aromatic N) is 1. The Morgan fingerprint density at radius 2 is 2.32 bits per heavy atom. The molecule has 1 saturated heterocycles. The third-order valence-corrected chi connectivity index (χ3v) is 3.74. The van der Waals surface area contributed by atoms with Crippen LogP contribution in [0.4, 0.5) is 5.69 Å². The first-order valence-electron chi connectivity index (χ1n) is 7.26. The fourth-order valence-electron chi connectivity index (χ4n) is 2.65. The molecule has 1 aromatic carbocycles. The topological polar surface area (TPSA) is 80.1 Å². The van der Waals surface area contributed by atoms with Crippen molar-refractivity contribution in [1.29, 1.82) is 0 Å². The van der Waals surface area contributed by atoms with E-state index in [1.165, 1.54) is 6.26 Å². The number of imidazole rings is 1. The first-order chi connectivity index (χ1) is 10.8. The third kappa shape index (κ3) is 2.37. The van der Waals surface area contributed by atoms with Gasteiger partial charge in [0.15, 0.2) is 5.76 Å². The molecule has 2 N–H and O–H groups in total. The second-order valence-electron chi connectivity index (χ2n) is 5.29. The van der Waals surface area contributed by atoms with E-state index < -0.39 is 0 Å². The van der Waals surface area contributed by atoms with Crippen LogP contribution in [0.15, 0.2) is 41.0 Å². The van der Waals surface area contributed by atoms with Crippen LogP contribution in [-0.2, 0) is 4.74 Å². The maximum Gasteiger partial charge on any atom is 0.291 e. The molecule has 0 aliphatic carbocycles. The van der Waals surface area contributed by atoms with Gasteiger partial charge in [0.1, 0.15) is 11.9 Å². The number of rotatable bonds is 3. The van der Waals surface area contributed by atoms with Gasteiger partial charge in [0.2, 0.25) is 0 Å². The molecular weight excluding hydrogens is 282 g/mol. The quantitative estimate of drug-likeness (QED) is 0.777. The number of aromatic amines is 1. The summed E-state index contributed by atoms with van der Waals surface area (Å²) in [7, 11) is 0. The number of carbonyl (C=O) groups excluding carboxylic acids is 1. The molecule has 4 rings (SSSR count). The Morgan fingerprint density at radius 3 is 3.09 bits per heavy atom. The van der Waals surface area contributed by atoms with Crippen LogP contribution in [0.2, 0.25) is 0 Å². The standard InChI is InChI=1S/C16H15N3O3/c20-16(14-4-2-8-22-14)17-10-5-6-11-12(9-10)19-15(18-11)13-3-1-7-21-13/h2,4-6,8-9,13H,1,3,7H2,(H,17,20)(H,18,19). The summed E-state index contributed by atoms with van der Waals surface area (Å²) in [5, 5.41) is 2.80. The van der Waals surface area contributed by atoms with Crippen LogP contribution in [0.25, 0.3) is 11.0 Å². The summed E-state index contributed by atoms with van der Waals surface area (Å²) in [4.78, 5) is 19.8. The van der Waals surface area contributed by atoms with Crippen LogP contribution >= 0.6 is 0 Å². The van der Waals surface area contributed by atoms with E-state index >= 15 is 0 Å². The number of furan rings is 1. The van der Waals surface area contributed by atoms with Crippen LogP contribution in [0.1, 0.15) is 35.3 Å². The highest BCUT2D eigenvalue weighted by Crippen LogP contribution is 2.28. The van der Waals surface area contributed by atoms with E-state index in [9.17, 15) is 4.79 Å². The maximum atomic E-state index is 12.0. The van der Waals surface area contributed by atoms with E-state index in [2.05, 4.69) is 15.3 Å². The van der Waals surface area contributed by atoms with Crippen LogP contribution < -0.4 is 5.32 Å². The van der Waals surface area contributed by atoms with Gasteiger partial charge in [0.05, 0.1) is 17.3 Å². The maximum absolute atomic E-state index is 12.0. The van der Waals surface area contributed by atoms with Gasteiger partial charge < -0.3 is 19.5 Å². The lowest BCUT2D eigenvalue weighted by atomic mass is 10.2. The molecule has 1 fully saturated rings. The van der Waals surface area contributed by atoms with Crippen LogP contribution in [-0.4, -0.2) is 22.5 Å². The molecule has 0 spiro atoms. The molecule has 0 radical (unpaired) electrons. The molecule has 6 heteroatoms. The lowest BCUT2D eigenvalue weighted by molar-refractivity contribution is 0.0996. The number of fused-ring (bicyclic) bond motifs is 1. The summed E-state index contributed by atoms with van der Waals surface area (Å²) < 4.78 is 10.7. The van der Waals surface area contributed by atoms with Gasteiger partial charge in [-0.3, -0.25) is 4.79 Å². The normalized spacial score (nSPS) is 17.9. The zero-order valence-corrected chi connectivity index (χ0v) is 11.8. The van der Waals surface area contributed by atoms with Gasteiger partial charge in [-0.15, -0.1) is 0 Å². The van der Waals surface area contributed by atoms with Crippen molar-refractivity contribution in [3.8, 4) is 0 Å². The molecule has 0 bridgehead atoms. The number of aromatic nitrogens is 2. The average molecular weight is 297 g/mol. The Balaban J connectivity index is 1.58. The third-order valence-electron chi connectivity index (χ3n) is 3.74. The number of amides is 1. The fraction of sp³-hybridized carbons (Fsp3) is 0.250. The SMILES string of the molecule is O=C(Nc1ccc2nc(C3CCCO3)[nH]c2c1)c1ccco1. The fourth-order valence-corrected chi connectivity index (χ4v) is 2.65. The molecule has 3 heterocycles. The van der Waals surface area contributed by atoms with Crippen LogP contribution in [0.3, 0.4) is 0 Å². The van der Waals surface area contributed by atoms with Crippen molar-refractivity contribution in [3.05, 3.63) is 48.2 Å². The highest BCUT2D eigenvalue weighted by molar-refractivity contribution is 6.03. The first kappa shape index (κ1) is 13.1. The van der Waals surface area contributed by atoms with Crippen LogP contribution in [0.5, 0.6) is 0 Å². The van der Waals surface area contributed by atoms with Gasteiger partial charge in [0, 0.05) is 12.3 Å². The summed E-state index contributed by atoms with van der Waals surface area (Å²) in [5.74, 6) is 0.856. The number of H-pyrrole nitrogens is 1. The van der Waals surface area contributed by atoms with Crippen molar-refractivity contribution in [1.82, 2.24) is 9.97 Å². The Bertz CT molecular complexity index is 801. The molecule has 1 aliphatic heterocycles. The Hall–Kier alpha value is -2.60. The number of ether oxygens (including phenoxy) is 1. The average Bonchev–Trinajstić information content (AvgIpc) is 3.26. The second-order valence-corrected chi connectivity index (χ2v) is 5.29. The number of carbonyl (C=O) groups is 1. The van der Waals surface area contributed by atoms with Crippen molar-refractivity contribution in [2.24, 2.45) is 0 Å². The Kier molecular flexibility index (Phi) is 3.16. The van der Waals surface area contributed by atoms with E-state index in [0.29, 0.717) is 5.69 Å². The molecule has 0 saturated carbocycles. The van der Waals surface area contributed by atoms with Gasteiger partial charge in [-0.25, -0.2) is 4.98 Å². The lowest BCUT2D eigenvalue weighted by Gasteiger charge is -2.03. The van der Waals surface area contributed by atoms with Crippen molar-refractivity contribution < 1.29 is 13.9 Å². The zero-order valence-electron chi connectivity index (χ0n) is 11.8. The zero-order chi connectivity index (χ0) is 14.9. The predicted molar refractivity (Wildman–Crippen MR) is 80.7 cm³/mol. The predicted octanol–water partition coefficient (Wildman–Crippen LogP) is 3.26. The minimum absolute atomic E-state index is 0.0496. The summed E-state index contributed by atoms with van der Waals surface area (Å²) in [6, 6.07) is 8.87. The highest BCUT2D eigenvalue weighted by atomic mass is 16.5. The van der Waals surface area contributed by atoms with E-state index in [4.69, 9.17) is 9.15 Å². The van der Waals surface area contributed by atoms with Crippen LogP contribution in [0, 0.1) is 0 Å². The molecule has 22 heavy (non-hydrogen) atoms. The number of hydrogen-bond donors (Lipinski definition) is 2. The molecule has 112 valence electrons. The number of anilines is 1. The largest absolute Gasteiger partial charge is 0.459 e. The van der Waals surface area contributed by atoms with Crippen molar-refractivity contribution in [2.75, 3.05) is 11.9 Å². The number of hydrogen-bond acceptors (Lipinski definition) is 4. The molecule has 6 nitrogen and oxygen atoms in total. The lowest BCUT2D eigenvalue weighted by Crippen LogP contribution is -2.10. The highest BCUT2D eigenvalue weighted by Gasteiger charge is 2.21. The van der Waals surface area contributed by atoms with E-state index in [1.54, 1.807) is 12.1 Å². The molecule has 2 aromatic heterocycles. The van der Waals surface area contributed by atoms with E-state index in [0.717, 1.165) is 36.3 Å². The van der Waals surface area contributed by atoms with Crippen molar-refractivity contribution in [2.45, 2.75) is 18.9 Å². The van der Waals surface area contributed by atoms with Gasteiger partial charge in [-0.1, -0.05) is 0 Å². The monoisotopic (exact) mass is 297 g/mol. The minimum Gasteiger partial charge on any atom is -0.459 e. The summed E-state index contributed by atoms with van der Waals surface area (Å²) >= 11 is 0. The van der Waals surface area contributed by atoms with E-state index in [-0.39, 0.29) is 17.8 Å². The van der Waals surface area contributed by atoms with Gasteiger partial charge >= 0.3 is 0 Å². The van der Waals surface area contributed by atoms with E-state index in [1.807, 2.05) is 18.2 Å². The Labute approximate surface area is 126 Å². The molecule has 1 unspecified atom stereocenters. The Morgan fingerprint density at radius 1 is 1.36 bits per heavy atom. The number of nitrogens with one attached hydrogen (secondary N) is 2. The first-order valence-corrected chi connectivity index (χ1v) is 7.26. The minimum atomic E-state index is -0.275. The smallest absolute Gasteiger partial charge is 0.291 e. The van der Waals surface area contributed by atoms with Gasteiger partial charge in [-0.05, 0) is 43.2 Å². The molecule has 1 amide bonds. The van der Waals surface area contributed by atoms with Gasteiger partial charge in [0.25, 0.3) is 5.91 Å². The molecule has 3 aromatic rings. The van der Waals surface area contributed by atoms with Crippen molar-refractivity contribution in [3.63, 3.8) is 0 Å².